The van der Waals surface area contributed by atoms with Crippen LogP contribution in [-0.4, -0.2) is 42.2 Å². The van der Waals surface area contributed by atoms with E-state index >= 15 is 0 Å². The number of thiophene rings is 1. The molecule has 0 spiro atoms. The van der Waals surface area contributed by atoms with Crippen LogP contribution in [0.15, 0.2) is 59.5 Å². The summed E-state index contributed by atoms with van der Waals surface area (Å²) in [6.45, 7) is 7.36. The molecule has 4 rings (SSSR count). The number of rotatable bonds is 8. The summed E-state index contributed by atoms with van der Waals surface area (Å²) in [4.78, 5) is 25.4. The summed E-state index contributed by atoms with van der Waals surface area (Å²) in [5, 5.41) is 9.86. The van der Waals surface area contributed by atoms with Crippen molar-refractivity contribution in [1.29, 1.82) is 0 Å². The predicted octanol–water partition coefficient (Wildman–Crippen LogP) is 5.47. The van der Waals surface area contributed by atoms with E-state index in [0.717, 1.165) is 21.6 Å². The average molecular weight is 542 g/mol. The van der Waals surface area contributed by atoms with Gasteiger partial charge in [-0.25, -0.2) is 8.42 Å². The lowest BCUT2D eigenvalue weighted by molar-refractivity contribution is -0.141. The summed E-state index contributed by atoms with van der Waals surface area (Å²) in [7, 11) is -3.82. The number of para-hydroxylation sites is 1. The van der Waals surface area contributed by atoms with Crippen molar-refractivity contribution in [3.63, 3.8) is 0 Å². The van der Waals surface area contributed by atoms with E-state index in [-0.39, 0.29) is 29.9 Å². The summed E-state index contributed by atoms with van der Waals surface area (Å²) in [5.74, 6) is -1.89. The second kappa shape index (κ2) is 10.8. The molecule has 7 nitrogen and oxygen atoms in total. The number of benzene rings is 2. The number of sulfonamides is 1. The fourth-order valence-corrected chi connectivity index (χ4v) is 7.31. The molecule has 3 atom stereocenters. The van der Waals surface area contributed by atoms with Gasteiger partial charge in [0, 0.05) is 17.3 Å². The molecule has 0 radical (unpaired) electrons. The van der Waals surface area contributed by atoms with E-state index in [0.29, 0.717) is 17.0 Å². The van der Waals surface area contributed by atoms with Gasteiger partial charge >= 0.3 is 5.97 Å². The molecule has 0 fully saturated rings. The number of carboxylic acid groups (broad SMARTS) is 1. The second-order valence-corrected chi connectivity index (χ2v) is 12.5. The SMILES string of the molecule is CC[C@@H]1CN(Cc2cc([C@H](c3ccc(C(C)=O)s3)[C@H](C)C(=O)O)ccc2C)S(=O)(=O)c2ccccc2O1. The van der Waals surface area contributed by atoms with Gasteiger partial charge in [0.1, 0.15) is 16.7 Å². The smallest absolute Gasteiger partial charge is 0.307 e. The number of ketones is 1. The standard InChI is InChI=1S/C28H31NO6S2/c1-5-22-16-29(37(33,34)26-9-7-6-8-23(26)35-22)15-21-14-20(11-10-17(21)2)27(18(3)28(31)32)25-13-12-24(36-25)19(4)30/h6-14,18,22,27H,5,15-16H2,1-4H3,(H,31,32)/t18-,22+,27+/m0/s1. The average Bonchev–Trinajstić information content (AvgIpc) is 3.31. The first-order chi connectivity index (χ1) is 17.5. The van der Waals surface area contributed by atoms with Crippen LogP contribution in [0.5, 0.6) is 5.75 Å². The number of aliphatic carboxylic acids is 1. The number of carbonyl (C=O) groups is 2. The number of carbonyl (C=O) groups excluding carboxylic acids is 1. The molecule has 0 saturated carbocycles. The molecule has 1 aromatic heterocycles. The number of fused-ring (bicyclic) bond motifs is 1. The van der Waals surface area contributed by atoms with Gasteiger partial charge in [-0.2, -0.15) is 4.31 Å². The number of ether oxygens (including phenoxy) is 1. The first-order valence-corrected chi connectivity index (χ1v) is 14.5. The van der Waals surface area contributed by atoms with Crippen molar-refractivity contribution in [2.24, 2.45) is 5.92 Å². The molecular weight excluding hydrogens is 510 g/mol. The quantitative estimate of drug-likeness (QED) is 0.379. The zero-order chi connectivity index (χ0) is 26.9. The fraction of sp³-hybridized carbons (Fsp3) is 0.357. The molecule has 1 N–H and O–H groups in total. The van der Waals surface area contributed by atoms with E-state index < -0.39 is 27.8 Å². The number of nitrogens with zero attached hydrogens (tertiary/aromatic N) is 1. The third-order valence-electron chi connectivity index (χ3n) is 6.87. The van der Waals surface area contributed by atoms with Gasteiger partial charge in [-0.1, -0.05) is 44.2 Å². The fourth-order valence-electron chi connectivity index (χ4n) is 4.60. The molecule has 0 saturated heterocycles. The lowest BCUT2D eigenvalue weighted by Gasteiger charge is -2.25. The van der Waals surface area contributed by atoms with Gasteiger partial charge in [0.25, 0.3) is 0 Å². The second-order valence-electron chi connectivity index (χ2n) is 9.44. The Bertz CT molecular complexity index is 1430. The van der Waals surface area contributed by atoms with Gasteiger partial charge in [0.05, 0.1) is 17.3 Å². The highest BCUT2D eigenvalue weighted by molar-refractivity contribution is 7.89. The topological polar surface area (TPSA) is 101 Å². The minimum atomic E-state index is -3.82. The molecule has 1 aliphatic heterocycles. The summed E-state index contributed by atoms with van der Waals surface area (Å²) in [5.41, 5.74) is 2.47. The maximum absolute atomic E-state index is 13.6. The van der Waals surface area contributed by atoms with Crippen LogP contribution < -0.4 is 4.74 Å². The van der Waals surface area contributed by atoms with Gasteiger partial charge in [0.15, 0.2) is 5.78 Å². The van der Waals surface area contributed by atoms with E-state index in [2.05, 4.69) is 0 Å². The van der Waals surface area contributed by atoms with Crippen molar-refractivity contribution in [3.8, 4) is 5.75 Å². The van der Waals surface area contributed by atoms with Crippen molar-refractivity contribution in [2.45, 2.75) is 57.6 Å². The molecule has 2 heterocycles. The van der Waals surface area contributed by atoms with Gasteiger partial charge in [-0.05, 0) is 61.2 Å². The predicted molar refractivity (Wildman–Crippen MR) is 143 cm³/mol. The molecule has 3 aromatic rings. The largest absolute Gasteiger partial charge is 0.488 e. The lowest BCUT2D eigenvalue weighted by Crippen LogP contribution is -2.36. The summed E-state index contributed by atoms with van der Waals surface area (Å²) < 4.78 is 34.8. The van der Waals surface area contributed by atoms with Crippen LogP contribution in [0.4, 0.5) is 0 Å². The Morgan fingerprint density at radius 1 is 1.16 bits per heavy atom. The normalized spacial score (nSPS) is 18.8. The van der Waals surface area contributed by atoms with Crippen molar-refractivity contribution < 1.29 is 27.9 Å². The summed E-state index contributed by atoms with van der Waals surface area (Å²) in [6.07, 6.45) is 0.354. The van der Waals surface area contributed by atoms with Crippen LogP contribution >= 0.6 is 11.3 Å². The molecule has 0 aliphatic carbocycles. The molecule has 0 amide bonds. The maximum Gasteiger partial charge on any atom is 0.307 e. The minimum absolute atomic E-state index is 0.0677. The number of hydrogen-bond donors (Lipinski definition) is 1. The zero-order valence-corrected chi connectivity index (χ0v) is 22.9. The monoisotopic (exact) mass is 541 g/mol. The number of aryl methyl sites for hydroxylation is 1. The number of carboxylic acids is 1. The highest BCUT2D eigenvalue weighted by atomic mass is 32.2. The molecule has 2 aromatic carbocycles. The Hall–Kier alpha value is -3.01. The van der Waals surface area contributed by atoms with E-state index in [1.807, 2.05) is 38.1 Å². The molecule has 9 heteroatoms. The van der Waals surface area contributed by atoms with Crippen molar-refractivity contribution in [3.05, 3.63) is 81.0 Å². The summed E-state index contributed by atoms with van der Waals surface area (Å²) >= 11 is 1.30. The third kappa shape index (κ3) is 5.49. The first-order valence-electron chi connectivity index (χ1n) is 12.2. The van der Waals surface area contributed by atoms with Crippen LogP contribution in [0, 0.1) is 12.8 Å². The van der Waals surface area contributed by atoms with Gasteiger partial charge in [0.2, 0.25) is 10.0 Å². The zero-order valence-electron chi connectivity index (χ0n) is 21.3. The molecular formula is C28H31NO6S2. The van der Waals surface area contributed by atoms with Crippen LogP contribution in [0.25, 0.3) is 0 Å². The van der Waals surface area contributed by atoms with E-state index in [1.54, 1.807) is 37.3 Å². The van der Waals surface area contributed by atoms with Crippen LogP contribution in [0.2, 0.25) is 0 Å². The van der Waals surface area contributed by atoms with Crippen molar-refractivity contribution in [1.82, 2.24) is 4.31 Å². The Balaban J connectivity index is 1.75. The minimum Gasteiger partial charge on any atom is -0.488 e. The van der Waals surface area contributed by atoms with Crippen molar-refractivity contribution >= 4 is 33.1 Å². The van der Waals surface area contributed by atoms with E-state index in [4.69, 9.17) is 4.74 Å². The van der Waals surface area contributed by atoms with E-state index in [1.165, 1.54) is 22.6 Å². The van der Waals surface area contributed by atoms with Gasteiger partial charge < -0.3 is 9.84 Å². The number of Topliss-reactive ketones (excluding diaryl/α,β-unsaturated/α-hetero) is 1. The lowest BCUT2D eigenvalue weighted by atomic mass is 9.84. The van der Waals surface area contributed by atoms with E-state index in [9.17, 15) is 23.1 Å². The van der Waals surface area contributed by atoms with Crippen molar-refractivity contribution in [2.75, 3.05) is 6.54 Å². The Morgan fingerprint density at radius 2 is 1.89 bits per heavy atom. The third-order valence-corrected chi connectivity index (χ3v) is 9.99. The Morgan fingerprint density at radius 3 is 2.54 bits per heavy atom. The highest BCUT2D eigenvalue weighted by Gasteiger charge is 2.35. The highest BCUT2D eigenvalue weighted by Crippen LogP contribution is 2.38. The Labute approximate surface area is 221 Å². The molecule has 0 bridgehead atoms. The number of hydrogen-bond acceptors (Lipinski definition) is 6. The van der Waals surface area contributed by atoms with Crippen LogP contribution in [0.3, 0.4) is 0 Å². The summed E-state index contributed by atoms with van der Waals surface area (Å²) in [6, 6.07) is 15.9. The molecule has 0 unspecified atom stereocenters. The maximum atomic E-state index is 13.6. The molecule has 1 aliphatic rings. The Kier molecular flexibility index (Phi) is 7.87. The van der Waals surface area contributed by atoms with Gasteiger partial charge in [-0.15, -0.1) is 11.3 Å². The van der Waals surface area contributed by atoms with Gasteiger partial charge in [-0.3, -0.25) is 9.59 Å². The van der Waals surface area contributed by atoms with Crippen LogP contribution in [-0.2, 0) is 21.4 Å². The molecule has 196 valence electrons. The van der Waals surface area contributed by atoms with Crippen LogP contribution in [0.1, 0.15) is 64.3 Å². The molecule has 37 heavy (non-hydrogen) atoms. The first kappa shape index (κ1) is 27.0.